The number of rotatable bonds is 4. The SMILES string of the molecule is CSc1ccccc1NC(=O)C1C(=O)NCC1C=C(C)C. The lowest BCUT2D eigenvalue weighted by atomic mass is 9.93. The van der Waals surface area contributed by atoms with E-state index in [1.807, 2.05) is 50.4 Å². The maximum Gasteiger partial charge on any atom is 0.237 e. The van der Waals surface area contributed by atoms with Crippen LogP contribution in [0.3, 0.4) is 0 Å². The maximum absolute atomic E-state index is 12.5. The van der Waals surface area contributed by atoms with Gasteiger partial charge in [-0.05, 0) is 32.2 Å². The van der Waals surface area contributed by atoms with Crippen molar-refractivity contribution in [1.82, 2.24) is 5.32 Å². The molecule has 0 spiro atoms. The summed E-state index contributed by atoms with van der Waals surface area (Å²) in [6.07, 6.45) is 3.95. The van der Waals surface area contributed by atoms with Gasteiger partial charge in [-0.25, -0.2) is 0 Å². The third kappa shape index (κ3) is 3.67. The molecule has 0 aromatic heterocycles. The van der Waals surface area contributed by atoms with Crippen molar-refractivity contribution in [2.45, 2.75) is 18.7 Å². The zero-order valence-electron chi connectivity index (χ0n) is 12.5. The molecule has 0 radical (unpaired) electrons. The molecule has 0 aliphatic carbocycles. The van der Waals surface area contributed by atoms with Gasteiger partial charge in [0.15, 0.2) is 0 Å². The predicted octanol–water partition coefficient (Wildman–Crippen LogP) is 2.68. The summed E-state index contributed by atoms with van der Waals surface area (Å²) in [5.41, 5.74) is 1.87. The molecule has 2 rings (SSSR count). The highest BCUT2D eigenvalue weighted by Gasteiger charge is 2.39. The molecule has 1 aliphatic rings. The number of nitrogens with one attached hydrogen (secondary N) is 2. The van der Waals surface area contributed by atoms with Crippen molar-refractivity contribution in [1.29, 1.82) is 0 Å². The van der Waals surface area contributed by atoms with E-state index in [9.17, 15) is 9.59 Å². The smallest absolute Gasteiger partial charge is 0.237 e. The summed E-state index contributed by atoms with van der Waals surface area (Å²) in [7, 11) is 0. The van der Waals surface area contributed by atoms with Gasteiger partial charge in [-0.1, -0.05) is 23.8 Å². The van der Waals surface area contributed by atoms with Gasteiger partial charge in [-0.2, -0.15) is 0 Å². The summed E-state index contributed by atoms with van der Waals surface area (Å²) in [5, 5.41) is 5.66. The summed E-state index contributed by atoms with van der Waals surface area (Å²) in [4.78, 5) is 25.4. The van der Waals surface area contributed by atoms with E-state index < -0.39 is 5.92 Å². The van der Waals surface area contributed by atoms with E-state index in [4.69, 9.17) is 0 Å². The third-order valence-electron chi connectivity index (χ3n) is 3.42. The number of allylic oxidation sites excluding steroid dienone is 1. The molecule has 1 heterocycles. The van der Waals surface area contributed by atoms with Crippen LogP contribution in [-0.4, -0.2) is 24.6 Å². The van der Waals surface area contributed by atoms with Crippen LogP contribution in [-0.2, 0) is 9.59 Å². The Bertz CT molecular complexity index is 579. The monoisotopic (exact) mass is 304 g/mol. The standard InChI is InChI=1S/C16H20N2O2S/c1-10(2)8-11-9-17-15(19)14(11)16(20)18-12-6-4-5-7-13(12)21-3/h4-8,11,14H,9H2,1-3H3,(H,17,19)(H,18,20). The molecular formula is C16H20N2O2S. The normalized spacial score (nSPS) is 20.8. The molecule has 5 heteroatoms. The maximum atomic E-state index is 12.5. The molecule has 2 amide bonds. The molecule has 21 heavy (non-hydrogen) atoms. The highest BCUT2D eigenvalue weighted by Crippen LogP contribution is 2.27. The van der Waals surface area contributed by atoms with E-state index in [-0.39, 0.29) is 17.7 Å². The Morgan fingerprint density at radius 1 is 1.38 bits per heavy atom. The second-order valence-corrected chi connectivity index (χ2v) is 6.17. The van der Waals surface area contributed by atoms with Crippen LogP contribution in [0.2, 0.25) is 0 Å². The van der Waals surface area contributed by atoms with Crippen LogP contribution in [0.4, 0.5) is 5.69 Å². The average molecular weight is 304 g/mol. The molecule has 0 bridgehead atoms. The van der Waals surface area contributed by atoms with Crippen LogP contribution in [0.25, 0.3) is 0 Å². The van der Waals surface area contributed by atoms with Crippen molar-refractivity contribution >= 4 is 29.3 Å². The summed E-state index contributed by atoms with van der Waals surface area (Å²) in [6, 6.07) is 7.60. The van der Waals surface area contributed by atoms with E-state index in [0.717, 1.165) is 16.2 Å². The van der Waals surface area contributed by atoms with Gasteiger partial charge >= 0.3 is 0 Å². The topological polar surface area (TPSA) is 58.2 Å². The molecule has 1 fully saturated rings. The second kappa shape index (κ2) is 6.80. The van der Waals surface area contributed by atoms with Crippen LogP contribution < -0.4 is 10.6 Å². The van der Waals surface area contributed by atoms with Crippen molar-refractivity contribution in [3.05, 3.63) is 35.9 Å². The predicted molar refractivity (Wildman–Crippen MR) is 86.3 cm³/mol. The summed E-state index contributed by atoms with van der Waals surface area (Å²) < 4.78 is 0. The van der Waals surface area contributed by atoms with Crippen LogP contribution >= 0.6 is 11.8 Å². The second-order valence-electron chi connectivity index (χ2n) is 5.32. The Balaban J connectivity index is 2.18. The van der Waals surface area contributed by atoms with Crippen LogP contribution in [0, 0.1) is 11.8 Å². The van der Waals surface area contributed by atoms with E-state index in [0.29, 0.717) is 6.54 Å². The molecule has 2 unspecified atom stereocenters. The number of thioether (sulfide) groups is 1. The lowest BCUT2D eigenvalue weighted by molar-refractivity contribution is -0.130. The van der Waals surface area contributed by atoms with Crippen LogP contribution in [0.5, 0.6) is 0 Å². The minimum absolute atomic E-state index is 0.0797. The number of carbonyl (C=O) groups is 2. The van der Waals surface area contributed by atoms with Crippen molar-refractivity contribution in [2.75, 3.05) is 18.1 Å². The molecule has 1 saturated heterocycles. The van der Waals surface area contributed by atoms with Crippen molar-refractivity contribution < 1.29 is 9.59 Å². The molecule has 2 N–H and O–H groups in total. The van der Waals surface area contributed by atoms with Gasteiger partial charge < -0.3 is 10.6 Å². The quantitative estimate of drug-likeness (QED) is 0.511. The molecule has 1 aromatic rings. The highest BCUT2D eigenvalue weighted by atomic mass is 32.2. The molecule has 112 valence electrons. The molecule has 1 aromatic carbocycles. The number of para-hydroxylation sites is 1. The lowest BCUT2D eigenvalue weighted by Crippen LogP contribution is -2.32. The summed E-state index contributed by atoms with van der Waals surface area (Å²) >= 11 is 1.56. The number of hydrogen-bond donors (Lipinski definition) is 2. The lowest BCUT2D eigenvalue weighted by Gasteiger charge is -2.15. The van der Waals surface area contributed by atoms with Crippen LogP contribution in [0.1, 0.15) is 13.8 Å². The first-order valence-corrected chi connectivity index (χ1v) is 8.12. The van der Waals surface area contributed by atoms with E-state index >= 15 is 0 Å². The number of hydrogen-bond acceptors (Lipinski definition) is 3. The van der Waals surface area contributed by atoms with Gasteiger partial charge in [0, 0.05) is 17.4 Å². The van der Waals surface area contributed by atoms with Gasteiger partial charge in [0.25, 0.3) is 0 Å². The van der Waals surface area contributed by atoms with Gasteiger partial charge in [-0.15, -0.1) is 11.8 Å². The number of benzene rings is 1. The Morgan fingerprint density at radius 2 is 2.10 bits per heavy atom. The first-order chi connectivity index (χ1) is 10.0. The zero-order valence-corrected chi connectivity index (χ0v) is 13.3. The molecule has 4 nitrogen and oxygen atoms in total. The largest absolute Gasteiger partial charge is 0.355 e. The fraction of sp³-hybridized carbons (Fsp3) is 0.375. The minimum atomic E-state index is -0.658. The number of amides is 2. The fourth-order valence-electron chi connectivity index (χ4n) is 2.50. The number of anilines is 1. The molecule has 1 aliphatic heterocycles. The van der Waals surface area contributed by atoms with Gasteiger partial charge in [0.2, 0.25) is 11.8 Å². The number of carbonyl (C=O) groups excluding carboxylic acids is 2. The first-order valence-electron chi connectivity index (χ1n) is 6.89. The zero-order chi connectivity index (χ0) is 15.4. The van der Waals surface area contributed by atoms with Gasteiger partial charge in [0.05, 0.1) is 5.69 Å². The molecular weight excluding hydrogens is 284 g/mol. The Morgan fingerprint density at radius 3 is 2.76 bits per heavy atom. The third-order valence-corrected chi connectivity index (χ3v) is 4.21. The van der Waals surface area contributed by atoms with Crippen molar-refractivity contribution in [2.24, 2.45) is 11.8 Å². The molecule has 0 saturated carbocycles. The fourth-order valence-corrected chi connectivity index (χ4v) is 3.05. The van der Waals surface area contributed by atoms with E-state index in [1.165, 1.54) is 0 Å². The summed E-state index contributed by atoms with van der Waals surface area (Å²) in [5.74, 6) is -1.18. The highest BCUT2D eigenvalue weighted by molar-refractivity contribution is 7.98. The van der Waals surface area contributed by atoms with Crippen LogP contribution in [0.15, 0.2) is 40.8 Å². The Kier molecular flexibility index (Phi) is 5.07. The van der Waals surface area contributed by atoms with E-state index in [1.54, 1.807) is 11.8 Å². The van der Waals surface area contributed by atoms with Crippen molar-refractivity contribution in [3.63, 3.8) is 0 Å². The average Bonchev–Trinajstić information content (AvgIpc) is 2.79. The minimum Gasteiger partial charge on any atom is -0.355 e. The first kappa shape index (κ1) is 15.6. The van der Waals surface area contributed by atoms with E-state index in [2.05, 4.69) is 10.6 Å². The van der Waals surface area contributed by atoms with Gasteiger partial charge in [-0.3, -0.25) is 9.59 Å². The Hall–Kier alpha value is -1.75. The summed E-state index contributed by atoms with van der Waals surface area (Å²) in [6.45, 7) is 4.47. The Labute approximate surface area is 129 Å². The molecule has 2 atom stereocenters. The van der Waals surface area contributed by atoms with Gasteiger partial charge in [0.1, 0.15) is 5.92 Å². The van der Waals surface area contributed by atoms with Crippen molar-refractivity contribution in [3.8, 4) is 0 Å².